The molecule has 1 aromatic carbocycles. The first kappa shape index (κ1) is 19.5. The second-order valence-corrected chi connectivity index (χ2v) is 8.30. The summed E-state index contributed by atoms with van der Waals surface area (Å²) in [6, 6.07) is 6.45. The molecule has 1 unspecified atom stereocenters. The van der Waals surface area contributed by atoms with Crippen LogP contribution in [-0.2, 0) is 13.1 Å². The van der Waals surface area contributed by atoms with Crippen LogP contribution in [0.5, 0.6) is 0 Å². The van der Waals surface area contributed by atoms with Gasteiger partial charge in [0, 0.05) is 37.6 Å². The Morgan fingerprint density at radius 1 is 0.929 bits per heavy atom. The third-order valence-corrected chi connectivity index (χ3v) is 6.45. The van der Waals surface area contributed by atoms with Gasteiger partial charge in [-0.3, -0.25) is 9.58 Å². The molecule has 2 fully saturated rings. The minimum atomic E-state index is -0.744. The maximum atomic E-state index is 13.9. The zero-order valence-corrected chi connectivity index (χ0v) is 16.4. The normalized spacial score (nSPS) is 22.1. The fourth-order valence-electron chi connectivity index (χ4n) is 4.83. The summed E-state index contributed by atoms with van der Waals surface area (Å²) >= 11 is 0. The molecule has 0 N–H and O–H groups in total. The molecule has 4 rings (SSSR count). The van der Waals surface area contributed by atoms with Crippen LogP contribution in [0.2, 0.25) is 0 Å². The lowest BCUT2D eigenvalue weighted by molar-refractivity contribution is 0.140. The first-order valence-electron chi connectivity index (χ1n) is 10.5. The highest BCUT2D eigenvalue weighted by Crippen LogP contribution is 2.32. The maximum absolute atomic E-state index is 13.9. The molecular formula is C22H30F2N4. The van der Waals surface area contributed by atoms with E-state index in [9.17, 15) is 8.78 Å². The summed E-state index contributed by atoms with van der Waals surface area (Å²) in [5, 5.41) is 4.27. The Hall–Kier alpha value is -1.79. The number of rotatable bonds is 7. The number of piperidine rings is 1. The molecule has 0 spiro atoms. The predicted octanol–water partition coefficient (Wildman–Crippen LogP) is 3.79. The van der Waals surface area contributed by atoms with Gasteiger partial charge in [0.15, 0.2) is 11.6 Å². The zero-order chi connectivity index (χ0) is 19.3. The summed E-state index contributed by atoms with van der Waals surface area (Å²) in [5.74, 6) is 0.125. The van der Waals surface area contributed by atoms with Crippen LogP contribution < -0.4 is 0 Å². The third-order valence-electron chi connectivity index (χ3n) is 6.45. The number of likely N-dealkylation sites (tertiary alicyclic amines) is 2. The molecule has 1 aromatic heterocycles. The van der Waals surface area contributed by atoms with E-state index in [4.69, 9.17) is 0 Å². The maximum Gasteiger partial charge on any atom is 0.163 e. The molecule has 0 radical (unpaired) electrons. The lowest BCUT2D eigenvalue weighted by atomic mass is 9.83. The van der Waals surface area contributed by atoms with E-state index in [0.29, 0.717) is 12.1 Å². The molecule has 2 aromatic rings. The Labute approximate surface area is 166 Å². The van der Waals surface area contributed by atoms with Crippen molar-refractivity contribution in [2.75, 3.05) is 32.7 Å². The van der Waals surface area contributed by atoms with Gasteiger partial charge in [0.2, 0.25) is 0 Å². The van der Waals surface area contributed by atoms with Crippen LogP contribution >= 0.6 is 0 Å². The van der Waals surface area contributed by atoms with Crippen molar-refractivity contribution in [1.29, 1.82) is 0 Å². The van der Waals surface area contributed by atoms with Crippen molar-refractivity contribution in [1.82, 2.24) is 19.6 Å². The number of hydrogen-bond acceptors (Lipinski definition) is 3. The summed E-state index contributed by atoms with van der Waals surface area (Å²) in [6.07, 6.45) is 8.64. The molecular weight excluding hydrogens is 358 g/mol. The first-order valence-corrected chi connectivity index (χ1v) is 10.5. The molecule has 2 aliphatic rings. The van der Waals surface area contributed by atoms with E-state index in [0.717, 1.165) is 44.4 Å². The molecule has 152 valence electrons. The zero-order valence-electron chi connectivity index (χ0n) is 16.4. The second kappa shape index (κ2) is 9.14. The third kappa shape index (κ3) is 4.78. The summed E-state index contributed by atoms with van der Waals surface area (Å²) < 4.78 is 29.3. The van der Waals surface area contributed by atoms with Gasteiger partial charge in [-0.1, -0.05) is 12.1 Å². The standard InChI is InChI=1S/C22H30F2N4/c23-21-5-1-4-20(22(21)24)17-27-13-6-18(7-14-27)19-8-15-26(16-19)10-3-12-28-11-2-9-25-28/h1-2,4-5,9,11,18-19H,3,6-8,10,12-17H2. The smallest absolute Gasteiger partial charge is 0.163 e. The fourth-order valence-corrected chi connectivity index (χ4v) is 4.83. The Kier molecular flexibility index (Phi) is 6.37. The van der Waals surface area contributed by atoms with Crippen LogP contribution in [0, 0.1) is 23.5 Å². The van der Waals surface area contributed by atoms with Crippen molar-refractivity contribution in [2.45, 2.75) is 38.8 Å². The van der Waals surface area contributed by atoms with Crippen molar-refractivity contribution < 1.29 is 8.78 Å². The average Bonchev–Trinajstić information content (AvgIpc) is 3.38. The van der Waals surface area contributed by atoms with Gasteiger partial charge in [-0.25, -0.2) is 8.78 Å². The van der Waals surface area contributed by atoms with Crippen LogP contribution in [0.1, 0.15) is 31.2 Å². The van der Waals surface area contributed by atoms with Crippen molar-refractivity contribution in [3.05, 3.63) is 53.9 Å². The van der Waals surface area contributed by atoms with Crippen LogP contribution in [0.4, 0.5) is 8.78 Å². The molecule has 0 aliphatic carbocycles. The van der Waals surface area contributed by atoms with Crippen molar-refractivity contribution in [3.8, 4) is 0 Å². The summed E-state index contributed by atoms with van der Waals surface area (Å²) in [5.41, 5.74) is 0.475. The van der Waals surface area contributed by atoms with Gasteiger partial charge in [0.05, 0.1) is 0 Å². The lowest BCUT2D eigenvalue weighted by Gasteiger charge is -2.35. The molecule has 2 aliphatic heterocycles. The van der Waals surface area contributed by atoms with Crippen LogP contribution in [0.15, 0.2) is 36.7 Å². The predicted molar refractivity (Wildman–Crippen MR) is 106 cm³/mol. The minimum Gasteiger partial charge on any atom is -0.303 e. The van der Waals surface area contributed by atoms with Crippen molar-refractivity contribution >= 4 is 0 Å². The molecule has 28 heavy (non-hydrogen) atoms. The number of halogens is 2. The largest absolute Gasteiger partial charge is 0.303 e. The van der Waals surface area contributed by atoms with Gasteiger partial charge in [-0.05, 0) is 75.8 Å². The molecule has 2 saturated heterocycles. The highest BCUT2D eigenvalue weighted by Gasteiger charge is 2.31. The van der Waals surface area contributed by atoms with Crippen LogP contribution in [0.25, 0.3) is 0 Å². The van der Waals surface area contributed by atoms with Crippen molar-refractivity contribution in [2.24, 2.45) is 11.8 Å². The molecule has 3 heterocycles. The van der Waals surface area contributed by atoms with E-state index >= 15 is 0 Å². The molecule has 1 atom stereocenters. The number of hydrogen-bond donors (Lipinski definition) is 0. The van der Waals surface area contributed by atoms with E-state index in [-0.39, 0.29) is 0 Å². The van der Waals surface area contributed by atoms with Gasteiger partial charge in [0.1, 0.15) is 0 Å². The molecule has 6 heteroatoms. The van der Waals surface area contributed by atoms with E-state index in [1.807, 2.05) is 23.1 Å². The van der Waals surface area contributed by atoms with E-state index in [1.165, 1.54) is 38.4 Å². The first-order chi connectivity index (χ1) is 13.7. The molecule has 0 amide bonds. The fraction of sp³-hybridized carbons (Fsp3) is 0.591. The van der Waals surface area contributed by atoms with E-state index < -0.39 is 11.6 Å². The topological polar surface area (TPSA) is 24.3 Å². The van der Waals surface area contributed by atoms with Crippen LogP contribution in [0.3, 0.4) is 0 Å². The lowest BCUT2D eigenvalue weighted by Crippen LogP contribution is -2.36. The highest BCUT2D eigenvalue weighted by molar-refractivity contribution is 5.18. The Balaban J connectivity index is 1.18. The summed E-state index contributed by atoms with van der Waals surface area (Å²) in [4.78, 5) is 4.87. The number of nitrogens with zero attached hydrogens (tertiary/aromatic N) is 4. The van der Waals surface area contributed by atoms with Crippen molar-refractivity contribution in [3.63, 3.8) is 0 Å². The van der Waals surface area contributed by atoms with Gasteiger partial charge >= 0.3 is 0 Å². The molecule has 4 nitrogen and oxygen atoms in total. The Morgan fingerprint density at radius 2 is 1.71 bits per heavy atom. The summed E-state index contributed by atoms with van der Waals surface area (Å²) in [7, 11) is 0. The van der Waals surface area contributed by atoms with Crippen LogP contribution in [-0.4, -0.2) is 52.3 Å². The Morgan fingerprint density at radius 3 is 2.50 bits per heavy atom. The SMILES string of the molecule is Fc1cccc(CN2CCC(C3CCN(CCCn4cccn4)C3)CC2)c1F. The average molecular weight is 389 g/mol. The monoisotopic (exact) mass is 388 g/mol. The number of aryl methyl sites for hydroxylation is 1. The number of aromatic nitrogens is 2. The Bertz CT molecular complexity index is 741. The summed E-state index contributed by atoms with van der Waals surface area (Å²) in [6.45, 7) is 7.03. The second-order valence-electron chi connectivity index (χ2n) is 8.30. The molecule has 0 saturated carbocycles. The van der Waals surface area contributed by atoms with Gasteiger partial charge < -0.3 is 4.90 Å². The minimum absolute atomic E-state index is 0.475. The van der Waals surface area contributed by atoms with Gasteiger partial charge in [-0.15, -0.1) is 0 Å². The van der Waals surface area contributed by atoms with Gasteiger partial charge in [-0.2, -0.15) is 5.10 Å². The van der Waals surface area contributed by atoms with Gasteiger partial charge in [0.25, 0.3) is 0 Å². The number of benzene rings is 1. The highest BCUT2D eigenvalue weighted by atomic mass is 19.2. The van der Waals surface area contributed by atoms with E-state index in [2.05, 4.69) is 14.9 Å². The molecule has 0 bridgehead atoms. The van der Waals surface area contributed by atoms with E-state index in [1.54, 1.807) is 12.1 Å². The quantitative estimate of drug-likeness (QED) is 0.721.